The minimum atomic E-state index is -3.86. The molecule has 0 saturated carbocycles. The van der Waals surface area contributed by atoms with Crippen molar-refractivity contribution in [3.05, 3.63) is 29.0 Å². The van der Waals surface area contributed by atoms with Crippen molar-refractivity contribution in [3.63, 3.8) is 0 Å². The zero-order chi connectivity index (χ0) is 17.2. The van der Waals surface area contributed by atoms with Crippen LogP contribution in [0.2, 0.25) is 5.02 Å². The van der Waals surface area contributed by atoms with Gasteiger partial charge in [-0.15, -0.1) is 0 Å². The number of sulfonamides is 1. The first-order valence-corrected chi connectivity index (χ1v) is 8.91. The lowest BCUT2D eigenvalue weighted by molar-refractivity contribution is -0.138. The molecule has 0 spiro atoms. The highest BCUT2D eigenvalue weighted by molar-refractivity contribution is 7.89. The first-order valence-electron chi connectivity index (χ1n) is 7.09. The van der Waals surface area contributed by atoms with Crippen molar-refractivity contribution in [1.29, 1.82) is 0 Å². The predicted octanol–water partition coefficient (Wildman–Crippen LogP) is 1.65. The van der Waals surface area contributed by atoms with Gasteiger partial charge >= 0.3 is 5.97 Å². The van der Waals surface area contributed by atoms with Gasteiger partial charge in [-0.2, -0.15) is 4.31 Å². The average Bonchev–Trinajstić information content (AvgIpc) is 2.49. The van der Waals surface area contributed by atoms with E-state index in [9.17, 15) is 17.6 Å². The summed E-state index contributed by atoms with van der Waals surface area (Å²) in [7, 11) is -2.16. The number of rotatable bonds is 5. The molecule has 128 valence electrons. The zero-order valence-corrected chi connectivity index (χ0v) is 14.1. The summed E-state index contributed by atoms with van der Waals surface area (Å²) in [5.41, 5.74) is 0. The van der Waals surface area contributed by atoms with E-state index in [1.54, 1.807) is 11.9 Å². The molecular weight excluding hydrogens is 347 g/mol. The van der Waals surface area contributed by atoms with Gasteiger partial charge in [-0.3, -0.25) is 9.69 Å². The van der Waals surface area contributed by atoms with Crippen LogP contribution < -0.4 is 0 Å². The largest absolute Gasteiger partial charge is 0.480 e. The first kappa shape index (κ1) is 18.1. The lowest BCUT2D eigenvalue weighted by Gasteiger charge is -2.35. The van der Waals surface area contributed by atoms with Crippen molar-refractivity contribution in [1.82, 2.24) is 9.21 Å². The highest BCUT2D eigenvalue weighted by atomic mass is 35.5. The van der Waals surface area contributed by atoms with Crippen LogP contribution in [-0.2, 0) is 14.8 Å². The molecule has 0 aromatic heterocycles. The second-order valence-corrected chi connectivity index (χ2v) is 7.83. The molecule has 1 aromatic carbocycles. The quantitative estimate of drug-likeness (QED) is 0.859. The summed E-state index contributed by atoms with van der Waals surface area (Å²) in [5, 5.41) is 8.79. The number of piperidine rings is 1. The third-order valence-electron chi connectivity index (χ3n) is 3.94. The Hall–Kier alpha value is -1.22. The molecule has 0 amide bonds. The molecule has 1 saturated heterocycles. The first-order chi connectivity index (χ1) is 10.7. The van der Waals surface area contributed by atoms with Crippen molar-refractivity contribution in [3.8, 4) is 0 Å². The average molecular weight is 365 g/mol. The lowest BCUT2D eigenvalue weighted by Crippen LogP contribution is -2.46. The summed E-state index contributed by atoms with van der Waals surface area (Å²) >= 11 is 5.89. The number of carboxylic acid groups (broad SMARTS) is 1. The standard InChI is InChI=1S/C14H18ClFN2O4S/c1-17(9-14(19)20)11-4-6-18(7-5-11)23(21,22)13-8-10(16)2-3-12(13)15/h2-3,8,11H,4-7,9H2,1H3,(H,19,20). The molecule has 23 heavy (non-hydrogen) atoms. The lowest BCUT2D eigenvalue weighted by atomic mass is 10.1. The van der Waals surface area contributed by atoms with Gasteiger partial charge in [-0.05, 0) is 38.1 Å². The minimum absolute atomic E-state index is 0.000492. The maximum Gasteiger partial charge on any atom is 0.317 e. The molecule has 0 unspecified atom stereocenters. The third kappa shape index (κ3) is 4.20. The fraction of sp³-hybridized carbons (Fsp3) is 0.500. The summed E-state index contributed by atoms with van der Waals surface area (Å²) in [6, 6.07) is 3.24. The van der Waals surface area contributed by atoms with Crippen LogP contribution in [0.5, 0.6) is 0 Å². The van der Waals surface area contributed by atoms with Crippen LogP contribution >= 0.6 is 11.6 Å². The van der Waals surface area contributed by atoms with Crippen LogP contribution in [0.4, 0.5) is 4.39 Å². The van der Waals surface area contributed by atoms with Gasteiger partial charge in [0.15, 0.2) is 0 Å². The number of aliphatic carboxylic acids is 1. The number of likely N-dealkylation sites (N-methyl/N-ethyl adjacent to an activating group) is 1. The molecule has 1 aromatic rings. The van der Waals surface area contributed by atoms with Crippen molar-refractivity contribution in [2.45, 2.75) is 23.8 Å². The van der Waals surface area contributed by atoms with Gasteiger partial charge in [-0.25, -0.2) is 12.8 Å². The number of benzene rings is 1. The molecule has 0 bridgehead atoms. The Labute approximate surface area is 139 Å². The second-order valence-electron chi connectivity index (χ2n) is 5.52. The predicted molar refractivity (Wildman–Crippen MR) is 83.5 cm³/mol. The fourth-order valence-electron chi connectivity index (χ4n) is 2.68. The molecule has 1 heterocycles. The number of carbonyl (C=O) groups is 1. The Morgan fingerprint density at radius 3 is 2.61 bits per heavy atom. The number of nitrogens with zero attached hydrogens (tertiary/aromatic N) is 2. The maximum atomic E-state index is 13.3. The molecule has 1 fully saturated rings. The van der Waals surface area contributed by atoms with Crippen LogP contribution in [0.1, 0.15) is 12.8 Å². The van der Waals surface area contributed by atoms with Crippen molar-refractivity contribution < 1.29 is 22.7 Å². The van der Waals surface area contributed by atoms with E-state index in [-0.39, 0.29) is 35.6 Å². The van der Waals surface area contributed by atoms with Crippen LogP contribution in [0.25, 0.3) is 0 Å². The monoisotopic (exact) mass is 364 g/mol. The highest BCUT2D eigenvalue weighted by Gasteiger charge is 2.32. The van der Waals surface area contributed by atoms with Gasteiger partial charge in [0.05, 0.1) is 11.6 Å². The molecule has 0 atom stereocenters. The smallest absolute Gasteiger partial charge is 0.317 e. The Morgan fingerprint density at radius 1 is 1.43 bits per heavy atom. The van der Waals surface area contributed by atoms with E-state index in [1.165, 1.54) is 10.4 Å². The molecular formula is C14H18ClFN2O4S. The summed E-state index contributed by atoms with van der Waals surface area (Å²) in [5.74, 6) is -1.59. The third-order valence-corrected chi connectivity index (χ3v) is 6.32. The molecule has 1 aliphatic heterocycles. The van der Waals surface area contributed by atoms with Gasteiger partial charge in [0.2, 0.25) is 10.0 Å². The van der Waals surface area contributed by atoms with Gasteiger partial charge in [0.1, 0.15) is 10.7 Å². The second kappa shape index (κ2) is 7.12. The van der Waals surface area contributed by atoms with Crippen LogP contribution in [-0.4, -0.2) is 61.4 Å². The zero-order valence-electron chi connectivity index (χ0n) is 12.6. The molecule has 2 rings (SSSR count). The minimum Gasteiger partial charge on any atom is -0.480 e. The van der Waals surface area contributed by atoms with E-state index in [0.717, 1.165) is 12.1 Å². The van der Waals surface area contributed by atoms with Gasteiger partial charge in [0.25, 0.3) is 0 Å². The molecule has 1 N–H and O–H groups in total. The van der Waals surface area contributed by atoms with E-state index in [2.05, 4.69) is 0 Å². The van der Waals surface area contributed by atoms with Gasteiger partial charge in [-0.1, -0.05) is 11.6 Å². The van der Waals surface area contributed by atoms with Gasteiger partial charge < -0.3 is 5.11 Å². The topological polar surface area (TPSA) is 77.9 Å². The number of carboxylic acids is 1. The van der Waals surface area contributed by atoms with Crippen molar-refractivity contribution in [2.24, 2.45) is 0 Å². The Balaban J connectivity index is 2.10. The maximum absolute atomic E-state index is 13.3. The normalized spacial score (nSPS) is 17.6. The highest BCUT2D eigenvalue weighted by Crippen LogP contribution is 2.28. The molecule has 0 radical (unpaired) electrons. The van der Waals surface area contributed by atoms with E-state index < -0.39 is 21.8 Å². The Morgan fingerprint density at radius 2 is 2.04 bits per heavy atom. The number of hydrogen-bond acceptors (Lipinski definition) is 4. The molecule has 1 aliphatic rings. The van der Waals surface area contributed by atoms with Crippen molar-refractivity contribution >= 4 is 27.6 Å². The van der Waals surface area contributed by atoms with E-state index in [1.807, 2.05) is 0 Å². The van der Waals surface area contributed by atoms with E-state index >= 15 is 0 Å². The van der Waals surface area contributed by atoms with E-state index in [4.69, 9.17) is 16.7 Å². The fourth-order valence-corrected chi connectivity index (χ4v) is 4.64. The number of halogens is 2. The van der Waals surface area contributed by atoms with E-state index in [0.29, 0.717) is 12.8 Å². The summed E-state index contributed by atoms with van der Waals surface area (Å²) < 4.78 is 39.8. The number of hydrogen-bond donors (Lipinski definition) is 1. The molecule has 0 aliphatic carbocycles. The van der Waals surface area contributed by atoms with Crippen molar-refractivity contribution in [2.75, 3.05) is 26.7 Å². The summed E-state index contributed by atoms with van der Waals surface area (Å²) in [6.45, 7) is 0.390. The van der Waals surface area contributed by atoms with Gasteiger partial charge in [0, 0.05) is 19.1 Å². The van der Waals surface area contributed by atoms with Crippen LogP contribution in [0.3, 0.4) is 0 Å². The molecule has 6 nitrogen and oxygen atoms in total. The Bertz CT molecular complexity index is 690. The van der Waals surface area contributed by atoms with Crippen LogP contribution in [0.15, 0.2) is 23.1 Å². The summed E-state index contributed by atoms with van der Waals surface area (Å²) in [4.78, 5) is 12.2. The SMILES string of the molecule is CN(CC(=O)O)C1CCN(S(=O)(=O)c2cc(F)ccc2Cl)CC1. The summed E-state index contributed by atoms with van der Waals surface area (Å²) in [6.07, 6.45) is 1.02. The van der Waals surface area contributed by atoms with Crippen LogP contribution in [0, 0.1) is 5.82 Å². The Kier molecular flexibility index (Phi) is 5.61. The molecule has 9 heteroatoms.